The molecule has 0 aliphatic rings. The van der Waals surface area contributed by atoms with Gasteiger partial charge in [0.2, 0.25) is 0 Å². The lowest BCUT2D eigenvalue weighted by molar-refractivity contribution is 0.142. The molecule has 0 spiro atoms. The van der Waals surface area contributed by atoms with E-state index in [9.17, 15) is 13.2 Å². The predicted octanol–water partition coefficient (Wildman–Crippen LogP) is 9.86. The molecule has 4 nitrogen and oxygen atoms in total. The molecule has 7 heteroatoms. The Morgan fingerprint density at radius 2 is 1.15 bits per heavy atom. The second kappa shape index (κ2) is 12.3. The average molecular weight is 614 g/mol. The van der Waals surface area contributed by atoms with Crippen LogP contribution in [0.2, 0.25) is 0 Å². The number of hydrogen-bond donors (Lipinski definition) is 0. The van der Waals surface area contributed by atoms with Crippen LogP contribution in [0.25, 0.3) is 22.1 Å². The number of fused-ring (bicyclic) bond motifs is 1. The van der Waals surface area contributed by atoms with Gasteiger partial charge >= 0.3 is 0 Å². The van der Waals surface area contributed by atoms with Crippen molar-refractivity contribution < 1.29 is 27.2 Å². The first-order valence-corrected chi connectivity index (χ1v) is 14.6. The molecule has 0 aliphatic carbocycles. The topological polar surface area (TPSA) is 44.5 Å². The van der Waals surface area contributed by atoms with E-state index in [0.717, 1.165) is 28.3 Å². The summed E-state index contributed by atoms with van der Waals surface area (Å²) in [6, 6.07) is 43.5. The lowest BCUT2D eigenvalue weighted by Gasteiger charge is -2.35. The van der Waals surface area contributed by atoms with Gasteiger partial charge < -0.3 is 14.0 Å². The predicted molar refractivity (Wildman–Crippen MR) is 170 cm³/mol. The van der Waals surface area contributed by atoms with Crippen LogP contribution >= 0.6 is 0 Å². The van der Waals surface area contributed by atoms with Crippen molar-refractivity contribution in [3.63, 3.8) is 0 Å². The number of nitrogens with zero attached hydrogens (tertiary/aromatic N) is 1. The molecule has 226 valence electrons. The molecule has 0 amide bonds. The van der Waals surface area contributed by atoms with E-state index in [2.05, 4.69) is 5.16 Å². The van der Waals surface area contributed by atoms with Gasteiger partial charge in [-0.05, 0) is 35.0 Å². The SMILES string of the molecule is Fc1cc(F)c(-c2ccc(OCc3cccc4c(OC(c5ccccc5)(c5ccccc5)c5ccccc5)noc34)cc2)cc1F. The van der Waals surface area contributed by atoms with E-state index in [1.807, 2.05) is 109 Å². The van der Waals surface area contributed by atoms with Crippen molar-refractivity contribution in [1.82, 2.24) is 5.16 Å². The van der Waals surface area contributed by atoms with Crippen LogP contribution in [0.15, 0.2) is 150 Å². The fourth-order valence-electron chi connectivity index (χ4n) is 5.66. The molecule has 0 aliphatic heterocycles. The van der Waals surface area contributed by atoms with E-state index in [1.165, 1.54) is 0 Å². The number of benzene rings is 6. The van der Waals surface area contributed by atoms with E-state index in [0.29, 0.717) is 34.2 Å². The van der Waals surface area contributed by atoms with E-state index in [1.54, 1.807) is 24.3 Å². The molecule has 0 unspecified atom stereocenters. The number of ether oxygens (including phenoxy) is 2. The summed E-state index contributed by atoms with van der Waals surface area (Å²) in [5.41, 5.74) is 3.35. The van der Waals surface area contributed by atoms with Gasteiger partial charge in [0.1, 0.15) is 18.2 Å². The van der Waals surface area contributed by atoms with Crippen molar-refractivity contribution in [3.8, 4) is 22.8 Å². The van der Waals surface area contributed by atoms with Crippen molar-refractivity contribution in [1.29, 1.82) is 0 Å². The van der Waals surface area contributed by atoms with Crippen LogP contribution in [0.4, 0.5) is 13.2 Å². The first kappa shape index (κ1) is 28.9. The Kier molecular flexibility index (Phi) is 7.72. The van der Waals surface area contributed by atoms with Crippen LogP contribution in [-0.2, 0) is 12.2 Å². The van der Waals surface area contributed by atoms with Crippen LogP contribution in [0, 0.1) is 17.5 Å². The molecule has 0 bridgehead atoms. The first-order chi connectivity index (χ1) is 22.5. The van der Waals surface area contributed by atoms with Crippen LogP contribution in [-0.4, -0.2) is 5.16 Å². The molecule has 7 rings (SSSR count). The third-order valence-corrected chi connectivity index (χ3v) is 7.91. The molecule has 46 heavy (non-hydrogen) atoms. The van der Waals surface area contributed by atoms with E-state index in [-0.39, 0.29) is 12.2 Å². The van der Waals surface area contributed by atoms with Crippen molar-refractivity contribution >= 4 is 11.0 Å². The summed E-state index contributed by atoms with van der Waals surface area (Å²) < 4.78 is 60.2. The average Bonchev–Trinajstić information content (AvgIpc) is 3.52. The number of hydrogen-bond acceptors (Lipinski definition) is 4. The van der Waals surface area contributed by atoms with Crippen LogP contribution in [0.5, 0.6) is 11.6 Å². The minimum Gasteiger partial charge on any atom is -0.489 e. The van der Waals surface area contributed by atoms with Gasteiger partial charge in [0, 0.05) is 33.9 Å². The molecule has 0 atom stereocenters. The van der Waals surface area contributed by atoms with E-state index < -0.39 is 23.1 Å². The summed E-state index contributed by atoms with van der Waals surface area (Å²) in [5.74, 6) is -2.38. The molecule has 6 aromatic carbocycles. The standard InChI is InChI=1S/C39H26F3NO3/c40-34-24-36(42)35(41)23-33(34)26-19-21-31(22-20-26)44-25-27-11-10-18-32-37(27)46-43-38(32)45-39(28-12-4-1-5-13-28,29-14-6-2-7-15-29)30-16-8-3-9-17-30/h1-24H,25H2. The van der Waals surface area contributed by atoms with Gasteiger partial charge in [0.05, 0.1) is 5.39 Å². The Bertz CT molecular complexity index is 2000. The zero-order chi connectivity index (χ0) is 31.5. The van der Waals surface area contributed by atoms with Gasteiger partial charge in [-0.1, -0.05) is 115 Å². The van der Waals surface area contributed by atoms with Crippen LogP contribution < -0.4 is 9.47 Å². The molecule has 0 radical (unpaired) electrons. The van der Waals surface area contributed by atoms with Gasteiger partial charge in [-0.2, -0.15) is 0 Å². The summed E-state index contributed by atoms with van der Waals surface area (Å²) in [7, 11) is 0. The molecule has 1 aromatic heterocycles. The normalized spacial score (nSPS) is 11.5. The molecule has 0 N–H and O–H groups in total. The largest absolute Gasteiger partial charge is 0.489 e. The van der Waals surface area contributed by atoms with Crippen molar-refractivity contribution in [2.45, 2.75) is 12.2 Å². The highest BCUT2D eigenvalue weighted by atomic mass is 19.2. The zero-order valence-corrected chi connectivity index (χ0v) is 24.4. The van der Waals surface area contributed by atoms with E-state index >= 15 is 0 Å². The minimum absolute atomic E-state index is 0.0398. The summed E-state index contributed by atoms with van der Waals surface area (Å²) in [6.45, 7) is 0.145. The van der Waals surface area contributed by atoms with Crippen molar-refractivity contribution in [2.24, 2.45) is 0 Å². The monoisotopic (exact) mass is 613 g/mol. The maximum absolute atomic E-state index is 14.3. The molecule has 7 aromatic rings. The molecule has 1 heterocycles. The van der Waals surface area contributed by atoms with Crippen molar-refractivity contribution in [3.05, 3.63) is 185 Å². The molecule has 0 saturated carbocycles. The summed E-state index contributed by atoms with van der Waals surface area (Å²) in [4.78, 5) is 0. The maximum atomic E-state index is 14.3. The van der Waals surface area contributed by atoms with Gasteiger partial charge in [-0.3, -0.25) is 0 Å². The Balaban J connectivity index is 1.21. The van der Waals surface area contributed by atoms with Crippen LogP contribution in [0.1, 0.15) is 22.3 Å². The van der Waals surface area contributed by atoms with Crippen LogP contribution in [0.3, 0.4) is 0 Å². The second-order valence-electron chi connectivity index (χ2n) is 10.7. The maximum Gasteiger partial charge on any atom is 0.263 e. The summed E-state index contributed by atoms with van der Waals surface area (Å²) in [5, 5.41) is 5.07. The Labute approximate surface area is 263 Å². The third-order valence-electron chi connectivity index (χ3n) is 7.91. The Morgan fingerprint density at radius 3 is 1.74 bits per heavy atom. The van der Waals surface area contributed by atoms with Gasteiger partial charge in [-0.15, -0.1) is 0 Å². The zero-order valence-electron chi connectivity index (χ0n) is 24.4. The minimum atomic E-state index is -1.23. The number of halogens is 3. The lowest BCUT2D eigenvalue weighted by Crippen LogP contribution is -2.36. The molecule has 0 saturated heterocycles. The molecule has 0 fully saturated rings. The highest BCUT2D eigenvalue weighted by molar-refractivity contribution is 5.85. The van der Waals surface area contributed by atoms with Crippen molar-refractivity contribution in [2.75, 3.05) is 0 Å². The number of rotatable bonds is 9. The fourth-order valence-corrected chi connectivity index (χ4v) is 5.66. The van der Waals surface area contributed by atoms with Gasteiger partial charge in [0.25, 0.3) is 5.88 Å². The highest BCUT2D eigenvalue weighted by Gasteiger charge is 2.40. The summed E-state index contributed by atoms with van der Waals surface area (Å²) in [6.07, 6.45) is 0. The molecular weight excluding hydrogens is 587 g/mol. The number of aromatic nitrogens is 1. The Morgan fingerprint density at radius 1 is 0.587 bits per heavy atom. The first-order valence-electron chi connectivity index (χ1n) is 14.6. The highest BCUT2D eigenvalue weighted by Crippen LogP contribution is 2.43. The van der Waals surface area contributed by atoms with Gasteiger partial charge in [0.15, 0.2) is 22.8 Å². The van der Waals surface area contributed by atoms with Gasteiger partial charge in [-0.25, -0.2) is 13.2 Å². The lowest BCUT2D eigenvalue weighted by atomic mass is 9.80. The van der Waals surface area contributed by atoms with E-state index in [4.69, 9.17) is 14.0 Å². The second-order valence-corrected chi connectivity index (χ2v) is 10.7. The summed E-state index contributed by atoms with van der Waals surface area (Å²) >= 11 is 0. The Hall–Kier alpha value is -5.82. The smallest absolute Gasteiger partial charge is 0.263 e. The third kappa shape index (κ3) is 5.37. The fraction of sp³-hybridized carbons (Fsp3) is 0.0513. The quantitative estimate of drug-likeness (QED) is 0.120. The molecular formula is C39H26F3NO3. The number of para-hydroxylation sites is 1.